The monoisotopic (exact) mass is 289 g/mol. The van der Waals surface area contributed by atoms with Crippen LogP contribution in [0.3, 0.4) is 0 Å². The minimum Gasteiger partial charge on any atom is -0.322 e. The van der Waals surface area contributed by atoms with E-state index in [1.807, 2.05) is 12.1 Å². The van der Waals surface area contributed by atoms with Crippen molar-refractivity contribution in [2.24, 2.45) is 0 Å². The second-order valence-corrected chi connectivity index (χ2v) is 4.86. The Morgan fingerprint density at radius 2 is 1.81 bits per heavy atom. The molecule has 0 unspecified atom stereocenters. The Hall–Kier alpha value is -2.23. The molecule has 4 heteroatoms. The quantitative estimate of drug-likeness (QED) is 0.859. The standard InChI is InChI=1S/C17H17F2NO/c1-2-3-5-12-8-10-13(11-9-12)20-17(21)14-6-4-7-15(18)16(14)19/h4,6-11H,2-3,5H2,1H3,(H,20,21). The van der Waals surface area contributed by atoms with E-state index in [2.05, 4.69) is 12.2 Å². The molecule has 0 aromatic heterocycles. The van der Waals surface area contributed by atoms with Crippen molar-refractivity contribution in [3.8, 4) is 0 Å². The molecule has 0 atom stereocenters. The lowest BCUT2D eigenvalue weighted by atomic mass is 10.1. The van der Waals surface area contributed by atoms with Crippen LogP contribution in [0.15, 0.2) is 42.5 Å². The summed E-state index contributed by atoms with van der Waals surface area (Å²) in [5.74, 6) is -2.82. The van der Waals surface area contributed by atoms with E-state index in [0.717, 1.165) is 25.3 Å². The summed E-state index contributed by atoms with van der Waals surface area (Å²) in [4.78, 5) is 11.9. The molecule has 0 aliphatic rings. The first-order chi connectivity index (χ1) is 10.1. The maximum absolute atomic E-state index is 13.5. The van der Waals surface area contributed by atoms with Gasteiger partial charge in [-0.05, 0) is 42.7 Å². The van der Waals surface area contributed by atoms with Gasteiger partial charge < -0.3 is 5.32 Å². The predicted octanol–water partition coefficient (Wildman–Crippen LogP) is 4.56. The Labute approximate surface area is 122 Å². The fourth-order valence-corrected chi connectivity index (χ4v) is 2.01. The molecule has 0 spiro atoms. The van der Waals surface area contributed by atoms with E-state index in [-0.39, 0.29) is 5.56 Å². The van der Waals surface area contributed by atoms with Gasteiger partial charge in [-0.1, -0.05) is 31.5 Å². The molecule has 0 aliphatic heterocycles. The van der Waals surface area contributed by atoms with Crippen molar-refractivity contribution in [2.45, 2.75) is 26.2 Å². The minimum atomic E-state index is -1.13. The molecule has 0 heterocycles. The highest BCUT2D eigenvalue weighted by Crippen LogP contribution is 2.16. The van der Waals surface area contributed by atoms with Crippen molar-refractivity contribution in [3.05, 3.63) is 65.2 Å². The van der Waals surface area contributed by atoms with Gasteiger partial charge in [-0.2, -0.15) is 0 Å². The molecule has 2 rings (SSSR count). The second kappa shape index (κ2) is 6.97. The van der Waals surface area contributed by atoms with E-state index in [4.69, 9.17) is 0 Å². The molecule has 0 bridgehead atoms. The Morgan fingerprint density at radius 3 is 2.48 bits per heavy atom. The Morgan fingerprint density at radius 1 is 1.10 bits per heavy atom. The van der Waals surface area contributed by atoms with Crippen molar-refractivity contribution in [1.29, 1.82) is 0 Å². The summed E-state index contributed by atoms with van der Waals surface area (Å²) in [7, 11) is 0. The summed E-state index contributed by atoms with van der Waals surface area (Å²) in [5, 5.41) is 2.56. The minimum absolute atomic E-state index is 0.301. The first-order valence-corrected chi connectivity index (χ1v) is 6.96. The molecule has 1 amide bonds. The highest BCUT2D eigenvalue weighted by atomic mass is 19.2. The summed E-state index contributed by atoms with van der Waals surface area (Å²) in [6.07, 6.45) is 3.22. The zero-order valence-corrected chi connectivity index (χ0v) is 11.8. The molecule has 0 radical (unpaired) electrons. The lowest BCUT2D eigenvalue weighted by Gasteiger charge is -2.07. The van der Waals surface area contributed by atoms with Crippen LogP contribution in [0.5, 0.6) is 0 Å². The van der Waals surface area contributed by atoms with Crippen molar-refractivity contribution >= 4 is 11.6 Å². The number of hydrogen-bond acceptors (Lipinski definition) is 1. The van der Waals surface area contributed by atoms with Crippen LogP contribution < -0.4 is 5.32 Å². The first-order valence-electron chi connectivity index (χ1n) is 6.96. The van der Waals surface area contributed by atoms with Crippen LogP contribution in [-0.4, -0.2) is 5.91 Å². The summed E-state index contributed by atoms with van der Waals surface area (Å²) >= 11 is 0. The van der Waals surface area contributed by atoms with Gasteiger partial charge >= 0.3 is 0 Å². The number of amides is 1. The number of carbonyl (C=O) groups excluding carboxylic acids is 1. The Kier molecular flexibility index (Phi) is 5.04. The molecule has 1 N–H and O–H groups in total. The van der Waals surface area contributed by atoms with Crippen molar-refractivity contribution in [2.75, 3.05) is 5.32 Å². The normalized spacial score (nSPS) is 10.4. The number of rotatable bonds is 5. The van der Waals surface area contributed by atoms with Crippen molar-refractivity contribution < 1.29 is 13.6 Å². The third-order valence-electron chi connectivity index (χ3n) is 3.23. The average Bonchev–Trinajstić information content (AvgIpc) is 2.49. The van der Waals surface area contributed by atoms with Crippen LogP contribution in [0.4, 0.5) is 14.5 Å². The molecule has 2 nitrogen and oxygen atoms in total. The van der Waals surface area contributed by atoms with E-state index in [9.17, 15) is 13.6 Å². The second-order valence-electron chi connectivity index (χ2n) is 4.86. The van der Waals surface area contributed by atoms with Gasteiger partial charge in [0.25, 0.3) is 5.91 Å². The van der Waals surface area contributed by atoms with Gasteiger partial charge in [0.05, 0.1) is 5.56 Å². The number of carbonyl (C=O) groups is 1. The number of nitrogens with one attached hydrogen (secondary N) is 1. The van der Waals surface area contributed by atoms with E-state index < -0.39 is 17.5 Å². The summed E-state index contributed by atoms with van der Waals surface area (Å²) in [6, 6.07) is 10.9. The molecule has 0 aliphatic carbocycles. The van der Waals surface area contributed by atoms with Crippen LogP contribution in [0, 0.1) is 11.6 Å². The van der Waals surface area contributed by atoms with Gasteiger partial charge in [-0.3, -0.25) is 4.79 Å². The topological polar surface area (TPSA) is 29.1 Å². The highest BCUT2D eigenvalue weighted by Gasteiger charge is 2.14. The van der Waals surface area contributed by atoms with E-state index in [0.29, 0.717) is 5.69 Å². The SMILES string of the molecule is CCCCc1ccc(NC(=O)c2cccc(F)c2F)cc1. The van der Waals surface area contributed by atoms with Gasteiger partial charge in [0.1, 0.15) is 0 Å². The van der Waals surface area contributed by atoms with Crippen molar-refractivity contribution in [1.82, 2.24) is 0 Å². The third-order valence-corrected chi connectivity index (χ3v) is 3.23. The number of anilines is 1. The zero-order valence-electron chi connectivity index (χ0n) is 11.8. The third kappa shape index (κ3) is 3.88. The lowest BCUT2D eigenvalue weighted by molar-refractivity contribution is 0.102. The highest BCUT2D eigenvalue weighted by molar-refractivity contribution is 6.04. The number of unbranched alkanes of at least 4 members (excludes halogenated alkanes) is 1. The number of halogens is 2. The molecular weight excluding hydrogens is 272 g/mol. The smallest absolute Gasteiger partial charge is 0.258 e. The summed E-state index contributed by atoms with van der Waals surface area (Å²) in [5.41, 5.74) is 1.45. The maximum atomic E-state index is 13.5. The first kappa shape index (κ1) is 15.2. The Bertz CT molecular complexity index is 623. The Balaban J connectivity index is 2.07. The largest absolute Gasteiger partial charge is 0.322 e. The van der Waals surface area contributed by atoms with Crippen LogP contribution in [0.25, 0.3) is 0 Å². The van der Waals surface area contributed by atoms with Crippen LogP contribution >= 0.6 is 0 Å². The predicted molar refractivity (Wildman–Crippen MR) is 79.4 cm³/mol. The van der Waals surface area contributed by atoms with E-state index in [1.165, 1.54) is 17.7 Å². The molecular formula is C17H17F2NO. The molecule has 2 aromatic carbocycles. The molecule has 0 saturated carbocycles. The summed E-state index contributed by atoms with van der Waals surface area (Å²) in [6.45, 7) is 2.13. The van der Waals surface area contributed by atoms with Gasteiger partial charge in [0, 0.05) is 5.69 Å². The molecule has 0 saturated heterocycles. The van der Waals surface area contributed by atoms with Crippen LogP contribution in [0.1, 0.15) is 35.7 Å². The van der Waals surface area contributed by atoms with Gasteiger partial charge in [0.2, 0.25) is 0 Å². The lowest BCUT2D eigenvalue weighted by Crippen LogP contribution is -2.14. The fraction of sp³-hybridized carbons (Fsp3) is 0.235. The zero-order chi connectivity index (χ0) is 15.2. The maximum Gasteiger partial charge on any atom is 0.258 e. The average molecular weight is 289 g/mol. The summed E-state index contributed by atoms with van der Waals surface area (Å²) < 4.78 is 26.6. The number of hydrogen-bond donors (Lipinski definition) is 1. The van der Waals surface area contributed by atoms with Crippen LogP contribution in [-0.2, 0) is 6.42 Å². The van der Waals surface area contributed by atoms with Gasteiger partial charge in [-0.25, -0.2) is 8.78 Å². The van der Waals surface area contributed by atoms with Crippen molar-refractivity contribution in [3.63, 3.8) is 0 Å². The van der Waals surface area contributed by atoms with E-state index >= 15 is 0 Å². The van der Waals surface area contributed by atoms with Gasteiger partial charge in [0.15, 0.2) is 11.6 Å². The fourth-order valence-electron chi connectivity index (χ4n) is 2.01. The number of benzene rings is 2. The number of aryl methyl sites for hydroxylation is 1. The molecule has 2 aromatic rings. The van der Waals surface area contributed by atoms with Crippen LogP contribution in [0.2, 0.25) is 0 Å². The molecule has 21 heavy (non-hydrogen) atoms. The molecule has 0 fully saturated rings. The van der Waals surface area contributed by atoms with Gasteiger partial charge in [-0.15, -0.1) is 0 Å². The molecule has 110 valence electrons. The van der Waals surface area contributed by atoms with E-state index in [1.54, 1.807) is 12.1 Å².